The first-order valence-electron chi connectivity index (χ1n) is 13.6. The van der Waals surface area contributed by atoms with Gasteiger partial charge in [-0.1, -0.05) is 60.7 Å². The van der Waals surface area contributed by atoms with Gasteiger partial charge in [-0.3, -0.25) is 9.59 Å². The number of carbonyl (C=O) groups is 3. The normalized spacial score (nSPS) is 11.1. The molecular formula is C33H35N3O5. The molecule has 2 amide bonds. The molecule has 0 unspecified atom stereocenters. The number of hydrogen-bond donors (Lipinski definition) is 2. The Hall–Kier alpha value is -4.72. The maximum absolute atomic E-state index is 13.7. The van der Waals surface area contributed by atoms with Gasteiger partial charge in [0.2, 0.25) is 0 Å². The van der Waals surface area contributed by atoms with Crippen LogP contribution in [-0.2, 0) is 27.2 Å². The lowest BCUT2D eigenvalue weighted by Crippen LogP contribution is -2.32. The first kappa shape index (κ1) is 29.3. The maximum atomic E-state index is 13.7. The van der Waals surface area contributed by atoms with Crippen LogP contribution in [0.3, 0.4) is 0 Å². The van der Waals surface area contributed by atoms with Crippen LogP contribution in [0.4, 0.5) is 10.5 Å². The number of rotatable bonds is 8. The number of aromatic nitrogens is 1. The van der Waals surface area contributed by atoms with Gasteiger partial charge in [0.15, 0.2) is 0 Å². The summed E-state index contributed by atoms with van der Waals surface area (Å²) in [6.45, 7) is 9.74. The number of esters is 1. The van der Waals surface area contributed by atoms with Crippen molar-refractivity contribution in [3.8, 4) is 11.3 Å². The van der Waals surface area contributed by atoms with Crippen LogP contribution in [0.25, 0.3) is 22.0 Å². The van der Waals surface area contributed by atoms with Gasteiger partial charge in [0, 0.05) is 23.2 Å². The van der Waals surface area contributed by atoms with E-state index >= 15 is 0 Å². The van der Waals surface area contributed by atoms with E-state index in [0.29, 0.717) is 16.9 Å². The monoisotopic (exact) mass is 553 g/mol. The predicted octanol–water partition coefficient (Wildman–Crippen LogP) is 6.59. The lowest BCUT2D eigenvalue weighted by atomic mass is 9.97. The van der Waals surface area contributed by atoms with Crippen molar-refractivity contribution < 1.29 is 23.9 Å². The number of benzene rings is 3. The third-order valence-electron chi connectivity index (χ3n) is 6.32. The van der Waals surface area contributed by atoms with Gasteiger partial charge < -0.3 is 20.1 Å². The lowest BCUT2D eigenvalue weighted by molar-refractivity contribution is -0.142. The van der Waals surface area contributed by atoms with Crippen molar-refractivity contribution in [3.63, 3.8) is 0 Å². The molecule has 4 rings (SSSR count). The standard InChI is InChI=1S/C33H35N3O5/c1-6-40-28(37)19-23-13-7-10-17-27(23)35-31(38)30-26-16-9-8-15-25(26)21(2)29(36-30)24-14-11-12-22(18-24)20-34-32(39)41-33(3,4)5/h7-18H,6,19-20H2,1-5H3,(H,34,39)(H,35,38). The number of ether oxygens (including phenoxy) is 2. The van der Waals surface area contributed by atoms with Crippen LogP contribution >= 0.6 is 0 Å². The van der Waals surface area contributed by atoms with Gasteiger partial charge in [0.1, 0.15) is 11.3 Å². The zero-order valence-electron chi connectivity index (χ0n) is 24.0. The summed E-state index contributed by atoms with van der Waals surface area (Å²) in [5, 5.41) is 7.36. The third kappa shape index (κ3) is 7.48. The Morgan fingerprint density at radius 2 is 1.61 bits per heavy atom. The van der Waals surface area contributed by atoms with Crippen LogP contribution in [0.2, 0.25) is 0 Å². The van der Waals surface area contributed by atoms with Crippen molar-refractivity contribution in [3.05, 3.63) is 95.2 Å². The van der Waals surface area contributed by atoms with Crippen LogP contribution in [-0.4, -0.2) is 35.2 Å². The molecule has 0 bridgehead atoms. The zero-order valence-corrected chi connectivity index (χ0v) is 24.0. The van der Waals surface area contributed by atoms with Crippen LogP contribution < -0.4 is 10.6 Å². The number of pyridine rings is 1. The molecule has 1 aromatic heterocycles. The molecule has 0 fully saturated rings. The molecule has 212 valence electrons. The number of hydrogen-bond acceptors (Lipinski definition) is 6. The van der Waals surface area contributed by atoms with Crippen LogP contribution in [0.5, 0.6) is 0 Å². The second kappa shape index (κ2) is 12.6. The van der Waals surface area contributed by atoms with Crippen molar-refractivity contribution in [1.82, 2.24) is 10.3 Å². The maximum Gasteiger partial charge on any atom is 0.407 e. The molecule has 1 heterocycles. The quantitative estimate of drug-likeness (QED) is 0.238. The summed E-state index contributed by atoms with van der Waals surface area (Å²) < 4.78 is 10.4. The van der Waals surface area contributed by atoms with Crippen LogP contribution in [0.1, 0.15) is 54.9 Å². The van der Waals surface area contributed by atoms with E-state index in [9.17, 15) is 14.4 Å². The first-order valence-corrected chi connectivity index (χ1v) is 13.6. The summed E-state index contributed by atoms with van der Waals surface area (Å²) in [6, 6.07) is 22.5. The van der Waals surface area contributed by atoms with Gasteiger partial charge in [-0.2, -0.15) is 0 Å². The largest absolute Gasteiger partial charge is 0.466 e. The number of para-hydroxylation sites is 1. The second-order valence-electron chi connectivity index (χ2n) is 10.6. The number of aryl methyl sites for hydroxylation is 1. The van der Waals surface area contributed by atoms with Gasteiger partial charge in [-0.15, -0.1) is 0 Å². The van der Waals surface area contributed by atoms with Crippen molar-refractivity contribution in [2.45, 2.75) is 53.2 Å². The molecule has 0 radical (unpaired) electrons. The molecule has 0 aliphatic rings. The van der Waals surface area contributed by atoms with E-state index in [4.69, 9.17) is 14.5 Å². The molecular weight excluding hydrogens is 518 g/mol. The molecule has 0 atom stereocenters. The van der Waals surface area contributed by atoms with E-state index in [-0.39, 0.29) is 37.1 Å². The molecule has 0 saturated carbocycles. The summed E-state index contributed by atoms with van der Waals surface area (Å²) in [5.74, 6) is -0.752. The fraction of sp³-hybridized carbons (Fsp3) is 0.273. The molecule has 0 saturated heterocycles. The Morgan fingerprint density at radius 1 is 0.902 bits per heavy atom. The van der Waals surface area contributed by atoms with Crippen molar-refractivity contribution in [2.24, 2.45) is 0 Å². The molecule has 0 aliphatic heterocycles. The summed E-state index contributed by atoms with van der Waals surface area (Å²) in [6.07, 6.45) is -0.452. The third-order valence-corrected chi connectivity index (χ3v) is 6.32. The summed E-state index contributed by atoms with van der Waals surface area (Å²) >= 11 is 0. The minimum atomic E-state index is -0.589. The average Bonchev–Trinajstić information content (AvgIpc) is 2.92. The van der Waals surface area contributed by atoms with Crippen LogP contribution in [0, 0.1) is 6.92 Å². The second-order valence-corrected chi connectivity index (χ2v) is 10.6. The fourth-order valence-corrected chi connectivity index (χ4v) is 4.52. The Kier molecular flexibility index (Phi) is 9.02. The topological polar surface area (TPSA) is 107 Å². The van der Waals surface area contributed by atoms with Crippen LogP contribution in [0.15, 0.2) is 72.8 Å². The summed E-state index contributed by atoms with van der Waals surface area (Å²) in [5.41, 5.74) is 4.12. The first-order chi connectivity index (χ1) is 19.6. The zero-order chi connectivity index (χ0) is 29.6. The SMILES string of the molecule is CCOC(=O)Cc1ccccc1NC(=O)c1nc(-c2cccc(CNC(=O)OC(C)(C)C)c2)c(C)c2ccccc12. The smallest absolute Gasteiger partial charge is 0.407 e. The number of nitrogens with zero attached hydrogens (tertiary/aromatic N) is 1. The Balaban J connectivity index is 1.67. The molecule has 0 spiro atoms. The molecule has 4 aromatic rings. The highest BCUT2D eigenvalue weighted by Crippen LogP contribution is 2.31. The minimum absolute atomic E-state index is 0.0434. The Labute approximate surface area is 240 Å². The van der Waals surface area contributed by atoms with Gasteiger partial charge in [-0.25, -0.2) is 9.78 Å². The van der Waals surface area contributed by atoms with E-state index < -0.39 is 11.7 Å². The number of nitrogens with one attached hydrogen (secondary N) is 2. The highest BCUT2D eigenvalue weighted by atomic mass is 16.6. The molecule has 2 N–H and O–H groups in total. The minimum Gasteiger partial charge on any atom is -0.466 e. The lowest BCUT2D eigenvalue weighted by Gasteiger charge is -2.19. The number of carbonyl (C=O) groups excluding carboxylic acids is 3. The average molecular weight is 554 g/mol. The van der Waals surface area contributed by atoms with Crippen molar-refractivity contribution >= 4 is 34.4 Å². The highest BCUT2D eigenvalue weighted by Gasteiger charge is 2.20. The number of alkyl carbamates (subject to hydrolysis) is 1. The fourth-order valence-electron chi connectivity index (χ4n) is 4.52. The summed E-state index contributed by atoms with van der Waals surface area (Å²) in [7, 11) is 0. The molecule has 3 aromatic carbocycles. The number of fused-ring (bicyclic) bond motifs is 1. The van der Waals surface area contributed by atoms with Gasteiger partial charge in [0.05, 0.1) is 18.7 Å². The van der Waals surface area contributed by atoms with Gasteiger partial charge in [-0.05, 0) is 68.8 Å². The van der Waals surface area contributed by atoms with Crippen molar-refractivity contribution in [2.75, 3.05) is 11.9 Å². The van der Waals surface area contributed by atoms with E-state index in [1.807, 2.05) is 82.3 Å². The van der Waals surface area contributed by atoms with E-state index in [2.05, 4.69) is 10.6 Å². The molecule has 0 aliphatic carbocycles. The van der Waals surface area contributed by atoms with E-state index in [1.165, 1.54) is 0 Å². The number of amides is 2. The Bertz CT molecular complexity index is 1590. The molecule has 41 heavy (non-hydrogen) atoms. The highest BCUT2D eigenvalue weighted by molar-refractivity contribution is 6.13. The predicted molar refractivity (Wildman–Crippen MR) is 160 cm³/mol. The molecule has 8 nitrogen and oxygen atoms in total. The number of anilines is 1. The van der Waals surface area contributed by atoms with E-state index in [1.54, 1.807) is 25.1 Å². The summed E-state index contributed by atoms with van der Waals surface area (Å²) in [4.78, 5) is 42.8. The van der Waals surface area contributed by atoms with Gasteiger partial charge in [0.25, 0.3) is 5.91 Å². The van der Waals surface area contributed by atoms with Crippen molar-refractivity contribution in [1.29, 1.82) is 0 Å². The Morgan fingerprint density at radius 3 is 2.34 bits per heavy atom. The molecule has 8 heteroatoms. The van der Waals surface area contributed by atoms with Gasteiger partial charge >= 0.3 is 12.1 Å². The van der Waals surface area contributed by atoms with E-state index in [0.717, 1.165) is 27.5 Å².